The quantitative estimate of drug-likeness (QED) is 0.652. The van der Waals surface area contributed by atoms with E-state index < -0.39 is 0 Å². The number of carbonyl (C=O) groups is 1. The number of benzene rings is 2. The van der Waals surface area contributed by atoms with Gasteiger partial charge in [-0.25, -0.2) is 9.97 Å². The van der Waals surface area contributed by atoms with E-state index in [1.807, 2.05) is 42.5 Å². The lowest BCUT2D eigenvalue weighted by Crippen LogP contribution is -2.26. The minimum atomic E-state index is -0.245. The largest absolute Gasteiger partial charge is 0.496 e. The van der Waals surface area contributed by atoms with Gasteiger partial charge in [0.05, 0.1) is 7.11 Å². The number of anilines is 1. The van der Waals surface area contributed by atoms with Gasteiger partial charge in [-0.15, -0.1) is 0 Å². The van der Waals surface area contributed by atoms with Gasteiger partial charge in [0.25, 0.3) is 5.91 Å². The predicted molar refractivity (Wildman–Crippen MR) is 109 cm³/mol. The average Bonchev–Trinajstić information content (AvgIpc) is 2.76. The summed E-state index contributed by atoms with van der Waals surface area (Å²) in [4.78, 5) is 23.2. The summed E-state index contributed by atoms with van der Waals surface area (Å²) in [7, 11) is 1.61. The molecule has 0 radical (unpaired) electrons. The normalized spacial score (nSPS) is 10.4. The molecule has 2 aromatic carbocycles. The minimum Gasteiger partial charge on any atom is -0.496 e. The lowest BCUT2D eigenvalue weighted by atomic mass is 10.2. The molecule has 6 nitrogen and oxygen atoms in total. The SMILES string of the molecule is CCN(Cc1ccccc1)c1cc(C(=O)NCc2ccccc2OC)ncn1. The summed E-state index contributed by atoms with van der Waals surface area (Å²) < 4.78 is 5.32. The van der Waals surface area contributed by atoms with E-state index in [0.717, 1.165) is 30.2 Å². The zero-order valence-electron chi connectivity index (χ0n) is 16.1. The van der Waals surface area contributed by atoms with Crippen LogP contribution in [0.25, 0.3) is 0 Å². The standard InChI is InChI=1S/C22H24N4O2/c1-3-26(15-17-9-5-4-6-10-17)21-13-19(24-16-25-21)22(27)23-14-18-11-7-8-12-20(18)28-2/h4-13,16H,3,14-15H2,1-2H3,(H,23,27). The molecule has 0 saturated heterocycles. The Hall–Kier alpha value is -3.41. The maximum absolute atomic E-state index is 12.6. The molecule has 1 heterocycles. The molecule has 0 aliphatic heterocycles. The van der Waals surface area contributed by atoms with Crippen LogP contribution in [0.15, 0.2) is 67.0 Å². The number of carbonyl (C=O) groups excluding carboxylic acids is 1. The molecule has 1 amide bonds. The van der Waals surface area contributed by atoms with Gasteiger partial charge in [0.1, 0.15) is 23.6 Å². The Kier molecular flexibility index (Phi) is 6.57. The van der Waals surface area contributed by atoms with Gasteiger partial charge in [-0.1, -0.05) is 48.5 Å². The number of hydrogen-bond acceptors (Lipinski definition) is 5. The third-order valence-corrected chi connectivity index (χ3v) is 4.44. The molecular weight excluding hydrogens is 352 g/mol. The first-order valence-electron chi connectivity index (χ1n) is 9.22. The zero-order valence-corrected chi connectivity index (χ0v) is 16.1. The average molecular weight is 376 g/mol. The number of nitrogens with zero attached hydrogens (tertiary/aromatic N) is 3. The fraction of sp³-hybridized carbons (Fsp3) is 0.227. The van der Waals surface area contributed by atoms with Crippen molar-refractivity contribution in [2.75, 3.05) is 18.6 Å². The molecule has 3 aromatic rings. The molecule has 28 heavy (non-hydrogen) atoms. The molecule has 0 aliphatic carbocycles. The van der Waals surface area contributed by atoms with Crippen molar-refractivity contribution in [3.8, 4) is 5.75 Å². The van der Waals surface area contributed by atoms with Crippen molar-refractivity contribution in [1.82, 2.24) is 15.3 Å². The molecule has 6 heteroatoms. The van der Waals surface area contributed by atoms with Gasteiger partial charge in [-0.3, -0.25) is 4.79 Å². The smallest absolute Gasteiger partial charge is 0.270 e. The Balaban J connectivity index is 1.70. The summed E-state index contributed by atoms with van der Waals surface area (Å²) in [5.41, 5.74) is 2.43. The van der Waals surface area contributed by atoms with Crippen LogP contribution in [-0.2, 0) is 13.1 Å². The summed E-state index contributed by atoms with van der Waals surface area (Å²) in [6.45, 7) is 3.92. The fourth-order valence-electron chi connectivity index (χ4n) is 2.92. The highest BCUT2D eigenvalue weighted by atomic mass is 16.5. The summed E-state index contributed by atoms with van der Waals surface area (Å²) in [5.74, 6) is 1.22. The molecule has 0 spiro atoms. The highest BCUT2D eigenvalue weighted by Crippen LogP contribution is 2.18. The Morgan fingerprint density at radius 2 is 1.82 bits per heavy atom. The number of para-hydroxylation sites is 1. The Morgan fingerprint density at radius 3 is 2.57 bits per heavy atom. The van der Waals surface area contributed by atoms with Crippen molar-refractivity contribution in [2.24, 2.45) is 0 Å². The van der Waals surface area contributed by atoms with Crippen molar-refractivity contribution in [3.63, 3.8) is 0 Å². The Morgan fingerprint density at radius 1 is 1.07 bits per heavy atom. The van der Waals surface area contributed by atoms with Crippen LogP contribution in [0.5, 0.6) is 5.75 Å². The summed E-state index contributed by atoms with van der Waals surface area (Å²) in [6, 6.07) is 19.5. The van der Waals surface area contributed by atoms with E-state index in [1.165, 1.54) is 11.9 Å². The maximum atomic E-state index is 12.6. The summed E-state index contributed by atoms with van der Waals surface area (Å²) in [6.07, 6.45) is 1.43. The van der Waals surface area contributed by atoms with Crippen LogP contribution in [0.3, 0.4) is 0 Å². The Labute approximate surface area is 165 Å². The van der Waals surface area contributed by atoms with Crippen LogP contribution in [0, 0.1) is 0 Å². The van der Waals surface area contributed by atoms with E-state index in [4.69, 9.17) is 4.74 Å². The summed E-state index contributed by atoms with van der Waals surface area (Å²) in [5, 5.41) is 2.90. The molecule has 0 unspecified atom stereocenters. The number of ether oxygens (including phenoxy) is 1. The predicted octanol–water partition coefficient (Wildman–Crippen LogP) is 3.44. The van der Waals surface area contributed by atoms with E-state index in [0.29, 0.717) is 12.2 Å². The van der Waals surface area contributed by atoms with Crippen LogP contribution in [-0.4, -0.2) is 29.5 Å². The number of aromatic nitrogens is 2. The topological polar surface area (TPSA) is 67.4 Å². The number of nitrogens with one attached hydrogen (secondary N) is 1. The minimum absolute atomic E-state index is 0.245. The zero-order chi connectivity index (χ0) is 19.8. The lowest BCUT2D eigenvalue weighted by Gasteiger charge is -2.22. The van der Waals surface area contributed by atoms with Crippen molar-refractivity contribution in [2.45, 2.75) is 20.0 Å². The molecular formula is C22H24N4O2. The number of methoxy groups -OCH3 is 1. The van der Waals surface area contributed by atoms with E-state index in [-0.39, 0.29) is 5.91 Å². The van der Waals surface area contributed by atoms with E-state index in [9.17, 15) is 4.79 Å². The molecule has 0 atom stereocenters. The van der Waals surface area contributed by atoms with Crippen molar-refractivity contribution in [3.05, 3.63) is 83.8 Å². The van der Waals surface area contributed by atoms with Crippen LogP contribution in [0.2, 0.25) is 0 Å². The lowest BCUT2D eigenvalue weighted by molar-refractivity contribution is 0.0945. The second-order valence-corrected chi connectivity index (χ2v) is 6.26. The maximum Gasteiger partial charge on any atom is 0.270 e. The first-order chi connectivity index (χ1) is 13.7. The fourth-order valence-corrected chi connectivity index (χ4v) is 2.92. The molecule has 1 aromatic heterocycles. The van der Waals surface area contributed by atoms with Gasteiger partial charge >= 0.3 is 0 Å². The second kappa shape index (κ2) is 9.50. The van der Waals surface area contributed by atoms with Gasteiger partial charge in [0, 0.05) is 31.3 Å². The van der Waals surface area contributed by atoms with Crippen LogP contribution < -0.4 is 15.0 Å². The third-order valence-electron chi connectivity index (χ3n) is 4.44. The first-order valence-corrected chi connectivity index (χ1v) is 9.22. The first kappa shape index (κ1) is 19.4. The molecule has 3 rings (SSSR count). The van der Waals surface area contributed by atoms with Crippen molar-refractivity contribution >= 4 is 11.7 Å². The molecule has 0 aliphatic rings. The van der Waals surface area contributed by atoms with Gasteiger partial charge in [-0.2, -0.15) is 0 Å². The van der Waals surface area contributed by atoms with Gasteiger partial charge < -0.3 is 15.0 Å². The summed E-state index contributed by atoms with van der Waals surface area (Å²) >= 11 is 0. The molecule has 0 fully saturated rings. The van der Waals surface area contributed by atoms with Gasteiger partial charge in [0.15, 0.2) is 0 Å². The highest BCUT2D eigenvalue weighted by Gasteiger charge is 2.13. The molecule has 0 bridgehead atoms. The van der Waals surface area contributed by atoms with Gasteiger partial charge in [0.2, 0.25) is 0 Å². The number of rotatable bonds is 8. The van der Waals surface area contributed by atoms with Crippen molar-refractivity contribution < 1.29 is 9.53 Å². The van der Waals surface area contributed by atoms with E-state index >= 15 is 0 Å². The van der Waals surface area contributed by atoms with Crippen LogP contribution in [0.1, 0.15) is 28.5 Å². The van der Waals surface area contributed by atoms with Crippen LogP contribution >= 0.6 is 0 Å². The molecule has 0 saturated carbocycles. The molecule has 1 N–H and O–H groups in total. The van der Waals surface area contributed by atoms with Crippen LogP contribution in [0.4, 0.5) is 5.82 Å². The van der Waals surface area contributed by atoms with E-state index in [2.05, 4.69) is 39.2 Å². The number of hydrogen-bond donors (Lipinski definition) is 1. The van der Waals surface area contributed by atoms with Gasteiger partial charge in [-0.05, 0) is 18.6 Å². The monoisotopic (exact) mass is 376 g/mol. The van der Waals surface area contributed by atoms with E-state index in [1.54, 1.807) is 13.2 Å². The Bertz CT molecular complexity index is 915. The third kappa shape index (κ3) is 4.85. The molecule has 144 valence electrons. The number of amides is 1. The van der Waals surface area contributed by atoms with Crippen molar-refractivity contribution in [1.29, 1.82) is 0 Å². The highest BCUT2D eigenvalue weighted by molar-refractivity contribution is 5.92. The second-order valence-electron chi connectivity index (χ2n) is 6.26.